The van der Waals surface area contributed by atoms with E-state index in [4.69, 9.17) is 28.4 Å². The van der Waals surface area contributed by atoms with Crippen LogP contribution in [0.5, 0.6) is 34.5 Å². The highest BCUT2D eigenvalue weighted by atomic mass is 16.5. The van der Waals surface area contributed by atoms with Gasteiger partial charge in [-0.15, -0.1) is 0 Å². The number of methoxy groups -OCH3 is 6. The van der Waals surface area contributed by atoms with Crippen LogP contribution in [0.1, 0.15) is 43.5 Å². The second-order valence-corrected chi connectivity index (χ2v) is 12.2. The van der Waals surface area contributed by atoms with Gasteiger partial charge in [0.25, 0.3) is 0 Å². The maximum Gasteiger partial charge on any atom is 0.148 e. The zero-order chi connectivity index (χ0) is 33.7. The van der Waals surface area contributed by atoms with E-state index < -0.39 is 0 Å². The molecule has 0 saturated carbocycles. The van der Waals surface area contributed by atoms with Crippen LogP contribution < -0.4 is 38.4 Å². The molecule has 0 aliphatic carbocycles. The maximum absolute atomic E-state index is 5.96. The molecule has 0 aromatic heterocycles. The van der Waals surface area contributed by atoms with Crippen molar-refractivity contribution in [3.05, 3.63) is 113 Å². The molecule has 0 fully saturated rings. The second-order valence-electron chi connectivity index (χ2n) is 12.2. The Morgan fingerprint density at radius 3 is 1.64 bits per heavy atom. The van der Waals surface area contributed by atoms with E-state index in [1.165, 1.54) is 5.56 Å². The van der Waals surface area contributed by atoms with Gasteiger partial charge in [0, 0.05) is 18.2 Å². The third-order valence-electron chi connectivity index (χ3n) is 8.20. The summed E-state index contributed by atoms with van der Waals surface area (Å²) in [7, 11) is 9.94. The highest BCUT2D eigenvalue weighted by Gasteiger charge is 2.36. The zero-order valence-electron chi connectivity index (χ0n) is 28.7. The number of hydrogen-bond donors (Lipinski definition) is 0. The van der Waals surface area contributed by atoms with Crippen molar-refractivity contribution in [1.82, 2.24) is 0 Å². The normalized spacial score (nSPS) is 14.7. The van der Waals surface area contributed by atoms with Gasteiger partial charge in [0.2, 0.25) is 0 Å². The number of hydrazine groups is 1. The molecule has 0 amide bonds. The topological polar surface area (TPSA) is 61.9 Å². The van der Waals surface area contributed by atoms with E-state index in [1.54, 1.807) is 42.7 Å². The first-order chi connectivity index (χ1) is 22.6. The van der Waals surface area contributed by atoms with Crippen LogP contribution in [0.25, 0.3) is 6.08 Å². The van der Waals surface area contributed by atoms with Gasteiger partial charge in [-0.2, -0.15) is 0 Å². The lowest BCUT2D eigenvalue weighted by Gasteiger charge is -2.38. The number of allylic oxidation sites excluding steroid dienone is 1. The van der Waals surface area contributed by atoms with Gasteiger partial charge in [-0.25, -0.2) is 5.01 Å². The smallest absolute Gasteiger partial charge is 0.148 e. The third kappa shape index (κ3) is 7.12. The van der Waals surface area contributed by atoms with E-state index in [1.807, 2.05) is 54.6 Å². The van der Waals surface area contributed by atoms with Crippen LogP contribution in [0.3, 0.4) is 0 Å². The average Bonchev–Trinajstić information content (AvgIpc) is 3.48. The molecule has 8 nitrogen and oxygen atoms in total. The lowest BCUT2D eigenvalue weighted by atomic mass is 9.87. The van der Waals surface area contributed by atoms with Crippen molar-refractivity contribution in [2.24, 2.45) is 0 Å². The Bertz CT molecular complexity index is 1710. The molecule has 1 aliphatic rings. The molecule has 8 heteroatoms. The summed E-state index contributed by atoms with van der Waals surface area (Å²) < 4.78 is 34.0. The Morgan fingerprint density at radius 2 is 1.13 bits per heavy atom. The van der Waals surface area contributed by atoms with Gasteiger partial charge < -0.3 is 28.4 Å². The molecule has 0 radical (unpaired) electrons. The summed E-state index contributed by atoms with van der Waals surface area (Å²) in [5.41, 5.74) is 5.92. The molecule has 246 valence electrons. The molecule has 1 unspecified atom stereocenters. The Kier molecular flexibility index (Phi) is 9.89. The highest BCUT2D eigenvalue weighted by molar-refractivity contribution is 5.76. The van der Waals surface area contributed by atoms with Gasteiger partial charge in [-0.3, -0.25) is 5.01 Å². The first-order valence-corrected chi connectivity index (χ1v) is 15.4. The molecule has 1 aliphatic heterocycles. The molecular formula is C39H44N2O6. The lowest BCUT2D eigenvalue weighted by Crippen LogP contribution is -2.39. The van der Waals surface area contributed by atoms with Gasteiger partial charge in [0.15, 0.2) is 0 Å². The highest BCUT2D eigenvalue weighted by Crippen LogP contribution is 2.46. The van der Waals surface area contributed by atoms with Gasteiger partial charge in [-0.05, 0) is 82.8 Å². The lowest BCUT2D eigenvalue weighted by molar-refractivity contribution is 0.392. The fourth-order valence-corrected chi connectivity index (χ4v) is 5.63. The van der Waals surface area contributed by atoms with Crippen molar-refractivity contribution >= 4 is 17.5 Å². The standard InChI is InChI=1S/C39H44N2O6/c1-39(2,3)28-11-14-29(15-12-28)40-37(27-20-34(45-7)24-35(21-27)46-8)22-30(13-10-26-18-32(43-5)23-33(19-26)44-6)41(40)36-17-16-31(42-4)25-38(36)47-9/h10-25,37H,1-9H3. The van der Waals surface area contributed by atoms with E-state index in [0.29, 0.717) is 34.5 Å². The molecule has 1 atom stereocenters. The van der Waals surface area contributed by atoms with E-state index in [-0.39, 0.29) is 11.5 Å². The van der Waals surface area contributed by atoms with Crippen molar-refractivity contribution in [3.8, 4) is 34.5 Å². The zero-order valence-corrected chi connectivity index (χ0v) is 28.7. The van der Waals surface area contributed by atoms with E-state index in [0.717, 1.165) is 28.2 Å². The van der Waals surface area contributed by atoms with Crippen molar-refractivity contribution in [1.29, 1.82) is 0 Å². The predicted molar refractivity (Wildman–Crippen MR) is 189 cm³/mol. The minimum absolute atomic E-state index is 0.00589. The Hall–Kier alpha value is -5.24. The summed E-state index contributed by atoms with van der Waals surface area (Å²) in [5.74, 6) is 4.19. The largest absolute Gasteiger partial charge is 0.497 e. The summed E-state index contributed by atoms with van der Waals surface area (Å²) in [6.07, 6.45) is 6.37. The van der Waals surface area contributed by atoms with Crippen LogP contribution in [0.15, 0.2) is 96.7 Å². The molecule has 0 spiro atoms. The number of nitrogens with zero attached hydrogens (tertiary/aromatic N) is 2. The van der Waals surface area contributed by atoms with Crippen LogP contribution in [-0.4, -0.2) is 42.7 Å². The van der Waals surface area contributed by atoms with E-state index in [2.05, 4.69) is 73.3 Å². The molecule has 4 aromatic rings. The predicted octanol–water partition coefficient (Wildman–Crippen LogP) is 8.62. The number of anilines is 2. The molecule has 0 bridgehead atoms. The minimum Gasteiger partial charge on any atom is -0.497 e. The summed E-state index contributed by atoms with van der Waals surface area (Å²) in [5, 5.41) is 4.44. The Labute approximate surface area is 278 Å². The molecule has 1 heterocycles. The minimum atomic E-state index is -0.245. The number of benzene rings is 4. The van der Waals surface area contributed by atoms with Crippen LogP contribution in [0.4, 0.5) is 11.4 Å². The third-order valence-corrected chi connectivity index (χ3v) is 8.20. The molecule has 0 N–H and O–H groups in total. The molecule has 0 saturated heterocycles. The first-order valence-electron chi connectivity index (χ1n) is 15.4. The second kappa shape index (κ2) is 14.0. The van der Waals surface area contributed by atoms with Crippen LogP contribution >= 0.6 is 0 Å². The van der Waals surface area contributed by atoms with Gasteiger partial charge in [0.1, 0.15) is 40.2 Å². The van der Waals surface area contributed by atoms with Crippen molar-refractivity contribution in [3.63, 3.8) is 0 Å². The Morgan fingerprint density at radius 1 is 0.574 bits per heavy atom. The van der Waals surface area contributed by atoms with Crippen LogP contribution in [0.2, 0.25) is 0 Å². The van der Waals surface area contributed by atoms with Crippen molar-refractivity contribution in [2.75, 3.05) is 52.7 Å². The van der Waals surface area contributed by atoms with E-state index >= 15 is 0 Å². The fraction of sp³-hybridized carbons (Fsp3) is 0.282. The van der Waals surface area contributed by atoms with Crippen molar-refractivity contribution in [2.45, 2.75) is 32.2 Å². The summed E-state index contributed by atoms with van der Waals surface area (Å²) in [6, 6.07) is 26.1. The van der Waals surface area contributed by atoms with E-state index in [9.17, 15) is 0 Å². The molecule has 5 rings (SSSR count). The van der Waals surface area contributed by atoms with Gasteiger partial charge in [-0.1, -0.05) is 39.0 Å². The fourth-order valence-electron chi connectivity index (χ4n) is 5.63. The molecule has 47 heavy (non-hydrogen) atoms. The average molecular weight is 637 g/mol. The monoisotopic (exact) mass is 636 g/mol. The quantitative estimate of drug-likeness (QED) is 0.162. The van der Waals surface area contributed by atoms with Gasteiger partial charge >= 0.3 is 0 Å². The summed E-state index contributed by atoms with van der Waals surface area (Å²) in [6.45, 7) is 6.65. The SMILES string of the molecule is COc1cc(C=CC2=CC(c3cc(OC)cc(OC)c3)N(c3ccc(C(C)(C)C)cc3)N2c2ccc(OC)cc2OC)cc(OC)c1. The summed E-state index contributed by atoms with van der Waals surface area (Å²) >= 11 is 0. The molecule has 4 aromatic carbocycles. The van der Waals surface area contributed by atoms with Gasteiger partial charge in [0.05, 0.1) is 60.1 Å². The first kappa shape index (κ1) is 33.1. The number of ether oxygens (including phenoxy) is 6. The van der Waals surface area contributed by atoms with Crippen molar-refractivity contribution < 1.29 is 28.4 Å². The van der Waals surface area contributed by atoms with Crippen LogP contribution in [0, 0.1) is 0 Å². The number of rotatable bonds is 11. The van der Waals surface area contributed by atoms with Crippen LogP contribution in [-0.2, 0) is 5.41 Å². The maximum atomic E-state index is 5.96. The summed E-state index contributed by atoms with van der Waals surface area (Å²) in [4.78, 5) is 0. The Balaban J connectivity index is 1.75. The number of hydrogen-bond acceptors (Lipinski definition) is 8. The molecular weight excluding hydrogens is 592 g/mol.